The molecule has 26 heavy (non-hydrogen) atoms. The Kier molecular flexibility index (Phi) is 5.94. The van der Waals surface area contributed by atoms with Gasteiger partial charge in [-0.15, -0.1) is 0 Å². The Labute approximate surface area is 156 Å². The van der Waals surface area contributed by atoms with Crippen molar-refractivity contribution in [3.05, 3.63) is 53.9 Å². The zero-order chi connectivity index (χ0) is 18.6. The first-order valence-electron chi connectivity index (χ1n) is 9.27. The molecule has 0 N–H and O–H groups in total. The van der Waals surface area contributed by atoms with E-state index >= 15 is 0 Å². The van der Waals surface area contributed by atoms with Crippen molar-refractivity contribution in [2.45, 2.75) is 38.0 Å². The fraction of sp³-hybridized carbons (Fsp3) is 0.450. The van der Waals surface area contributed by atoms with Gasteiger partial charge < -0.3 is 4.90 Å². The highest BCUT2D eigenvalue weighted by molar-refractivity contribution is 7.89. The summed E-state index contributed by atoms with van der Waals surface area (Å²) in [5, 5.41) is 0. The number of hydrogen-bond donors (Lipinski definition) is 0. The van der Waals surface area contributed by atoms with E-state index in [1.54, 1.807) is 22.6 Å². The van der Waals surface area contributed by atoms with Crippen molar-refractivity contribution >= 4 is 15.7 Å². The molecule has 1 saturated heterocycles. The molecule has 1 aliphatic rings. The second-order valence-corrected chi connectivity index (χ2v) is 8.74. The van der Waals surface area contributed by atoms with Gasteiger partial charge in [0.15, 0.2) is 0 Å². The zero-order valence-corrected chi connectivity index (χ0v) is 16.4. The third-order valence-electron chi connectivity index (χ3n) is 4.89. The Morgan fingerprint density at radius 1 is 1.04 bits per heavy atom. The van der Waals surface area contributed by atoms with Crippen molar-refractivity contribution in [3.8, 4) is 0 Å². The first kappa shape index (κ1) is 18.9. The van der Waals surface area contributed by atoms with Gasteiger partial charge in [0.05, 0.1) is 4.90 Å². The van der Waals surface area contributed by atoms with Gasteiger partial charge in [0.25, 0.3) is 0 Å². The van der Waals surface area contributed by atoms with E-state index in [-0.39, 0.29) is 0 Å². The summed E-state index contributed by atoms with van der Waals surface area (Å²) in [4.78, 5) is 6.80. The topological polar surface area (TPSA) is 53.5 Å². The van der Waals surface area contributed by atoms with E-state index in [1.807, 2.05) is 31.3 Å². The lowest BCUT2D eigenvalue weighted by Gasteiger charge is -2.24. The van der Waals surface area contributed by atoms with E-state index in [0.717, 1.165) is 37.1 Å². The molecule has 2 heterocycles. The van der Waals surface area contributed by atoms with Crippen molar-refractivity contribution in [2.24, 2.45) is 0 Å². The Morgan fingerprint density at radius 3 is 2.50 bits per heavy atom. The minimum absolute atomic E-state index is 0.394. The van der Waals surface area contributed by atoms with Gasteiger partial charge in [0.2, 0.25) is 10.0 Å². The predicted octanol–water partition coefficient (Wildman–Crippen LogP) is 3.24. The van der Waals surface area contributed by atoms with Gasteiger partial charge in [-0.3, -0.25) is 4.98 Å². The molecule has 0 spiro atoms. The summed E-state index contributed by atoms with van der Waals surface area (Å²) in [5.74, 6) is 0. The number of benzene rings is 1. The van der Waals surface area contributed by atoms with Gasteiger partial charge in [-0.05, 0) is 49.1 Å². The molecule has 5 nitrogen and oxygen atoms in total. The molecule has 3 rings (SSSR count). The van der Waals surface area contributed by atoms with E-state index in [0.29, 0.717) is 24.5 Å². The van der Waals surface area contributed by atoms with Gasteiger partial charge >= 0.3 is 0 Å². The molecule has 1 aromatic carbocycles. The van der Waals surface area contributed by atoms with E-state index in [1.165, 1.54) is 5.56 Å². The summed E-state index contributed by atoms with van der Waals surface area (Å²) >= 11 is 0. The van der Waals surface area contributed by atoms with Crippen LogP contribution in [0.5, 0.6) is 0 Å². The second kappa shape index (κ2) is 8.18. The third-order valence-corrected chi connectivity index (χ3v) is 6.80. The lowest BCUT2D eigenvalue weighted by Crippen LogP contribution is -2.35. The summed E-state index contributed by atoms with van der Waals surface area (Å²) in [5.41, 5.74) is 3.44. The number of anilines is 1. The molecule has 0 unspecified atom stereocenters. The Bertz CT molecular complexity index is 834. The van der Waals surface area contributed by atoms with Crippen LogP contribution >= 0.6 is 0 Å². The van der Waals surface area contributed by atoms with Crippen molar-refractivity contribution in [2.75, 3.05) is 31.1 Å². The van der Waals surface area contributed by atoms with Crippen LogP contribution in [0.3, 0.4) is 0 Å². The molecular weight excluding hydrogens is 346 g/mol. The number of aryl methyl sites for hydroxylation is 2. The molecule has 0 amide bonds. The van der Waals surface area contributed by atoms with E-state index in [2.05, 4.69) is 16.8 Å². The highest BCUT2D eigenvalue weighted by Gasteiger charge is 2.27. The van der Waals surface area contributed by atoms with Crippen molar-refractivity contribution < 1.29 is 8.42 Å². The number of rotatable bonds is 5. The standard InChI is InChI=1S/C20H27N3O2S/c1-3-5-18-6-8-19(9-7-18)26(24,25)23-13-4-12-22(14-15-23)20-10-11-21-16-17(20)2/h6-11,16H,3-5,12-15H2,1-2H3. The molecule has 0 aliphatic carbocycles. The average Bonchev–Trinajstić information content (AvgIpc) is 2.89. The third kappa shape index (κ3) is 4.07. The molecule has 0 saturated carbocycles. The van der Waals surface area contributed by atoms with Gasteiger partial charge in [0, 0.05) is 44.3 Å². The molecule has 140 valence electrons. The molecule has 0 radical (unpaired) electrons. The van der Waals surface area contributed by atoms with Crippen LogP contribution in [0, 0.1) is 6.92 Å². The van der Waals surface area contributed by atoms with E-state index < -0.39 is 10.0 Å². The Balaban J connectivity index is 1.74. The smallest absolute Gasteiger partial charge is 0.243 e. The molecule has 0 atom stereocenters. The van der Waals surface area contributed by atoms with Gasteiger partial charge in [-0.2, -0.15) is 4.31 Å². The summed E-state index contributed by atoms with van der Waals surface area (Å²) < 4.78 is 27.7. The molecular formula is C20H27N3O2S. The maximum absolute atomic E-state index is 13.0. The van der Waals surface area contributed by atoms with E-state index in [4.69, 9.17) is 0 Å². The molecule has 1 fully saturated rings. The first-order valence-corrected chi connectivity index (χ1v) is 10.7. The van der Waals surface area contributed by atoms with Crippen LogP contribution in [0.2, 0.25) is 0 Å². The lowest BCUT2D eigenvalue weighted by molar-refractivity contribution is 0.433. The largest absolute Gasteiger partial charge is 0.370 e. The number of hydrogen-bond acceptors (Lipinski definition) is 4. The molecule has 2 aromatic rings. The Morgan fingerprint density at radius 2 is 1.81 bits per heavy atom. The zero-order valence-electron chi connectivity index (χ0n) is 15.6. The molecule has 1 aromatic heterocycles. The highest BCUT2D eigenvalue weighted by Crippen LogP contribution is 2.23. The summed E-state index contributed by atoms with van der Waals surface area (Å²) in [6.07, 6.45) is 6.49. The number of pyridine rings is 1. The molecule has 6 heteroatoms. The van der Waals surface area contributed by atoms with Crippen LogP contribution in [0.25, 0.3) is 0 Å². The van der Waals surface area contributed by atoms with Crippen LogP contribution in [-0.4, -0.2) is 43.9 Å². The maximum atomic E-state index is 13.0. The quantitative estimate of drug-likeness (QED) is 0.807. The minimum atomic E-state index is -3.44. The predicted molar refractivity (Wildman–Crippen MR) is 105 cm³/mol. The van der Waals surface area contributed by atoms with Gasteiger partial charge in [-0.25, -0.2) is 8.42 Å². The van der Waals surface area contributed by atoms with Crippen LogP contribution in [0.1, 0.15) is 30.9 Å². The summed E-state index contributed by atoms with van der Waals surface area (Å²) in [6, 6.07) is 9.36. The van der Waals surface area contributed by atoms with Crippen molar-refractivity contribution in [1.29, 1.82) is 0 Å². The fourth-order valence-corrected chi connectivity index (χ4v) is 4.93. The Hall–Kier alpha value is -1.92. The lowest BCUT2D eigenvalue weighted by atomic mass is 10.1. The highest BCUT2D eigenvalue weighted by atomic mass is 32.2. The number of nitrogens with zero attached hydrogens (tertiary/aromatic N) is 3. The SMILES string of the molecule is CCCc1ccc(S(=O)(=O)N2CCCN(c3ccncc3C)CC2)cc1. The van der Waals surface area contributed by atoms with Crippen LogP contribution < -0.4 is 4.90 Å². The molecule has 0 bridgehead atoms. The summed E-state index contributed by atoms with van der Waals surface area (Å²) in [7, 11) is -3.44. The molecule has 1 aliphatic heterocycles. The van der Waals surface area contributed by atoms with Gasteiger partial charge in [0.1, 0.15) is 0 Å². The van der Waals surface area contributed by atoms with Crippen LogP contribution in [0.4, 0.5) is 5.69 Å². The summed E-state index contributed by atoms with van der Waals surface area (Å²) in [6.45, 7) is 6.77. The van der Waals surface area contributed by atoms with Crippen molar-refractivity contribution in [1.82, 2.24) is 9.29 Å². The van der Waals surface area contributed by atoms with Crippen molar-refractivity contribution in [3.63, 3.8) is 0 Å². The van der Waals surface area contributed by atoms with Crippen LogP contribution in [0.15, 0.2) is 47.6 Å². The maximum Gasteiger partial charge on any atom is 0.243 e. The fourth-order valence-electron chi connectivity index (χ4n) is 3.46. The minimum Gasteiger partial charge on any atom is -0.370 e. The monoisotopic (exact) mass is 373 g/mol. The van der Waals surface area contributed by atoms with Crippen LogP contribution in [-0.2, 0) is 16.4 Å². The second-order valence-electron chi connectivity index (χ2n) is 6.80. The van der Waals surface area contributed by atoms with Gasteiger partial charge in [-0.1, -0.05) is 25.5 Å². The number of aromatic nitrogens is 1. The number of sulfonamides is 1. The average molecular weight is 374 g/mol. The normalized spacial score (nSPS) is 16.5. The van der Waals surface area contributed by atoms with E-state index in [9.17, 15) is 8.42 Å². The first-order chi connectivity index (χ1) is 12.5.